The number of H-pyrrole nitrogens is 2. The van der Waals surface area contributed by atoms with Crippen molar-refractivity contribution in [1.82, 2.24) is 24.5 Å². The molecule has 0 aromatic carbocycles. The number of anilines is 1. The highest BCUT2D eigenvalue weighted by atomic mass is 16.2. The van der Waals surface area contributed by atoms with Crippen molar-refractivity contribution >= 4 is 5.69 Å². The zero-order valence-corrected chi connectivity index (χ0v) is 7.80. The number of nitrogens with one attached hydrogen (secondary N) is 2. The van der Waals surface area contributed by atoms with Crippen LogP contribution in [0.15, 0.2) is 22.0 Å². The molecule has 0 radical (unpaired) electrons. The van der Waals surface area contributed by atoms with Crippen molar-refractivity contribution < 1.29 is 0 Å². The van der Waals surface area contributed by atoms with Gasteiger partial charge in [-0.1, -0.05) is 0 Å². The maximum absolute atomic E-state index is 11.1. The summed E-state index contributed by atoms with van der Waals surface area (Å²) in [6.07, 6.45) is 3.13. The molecule has 2 rings (SSSR count). The second-order valence-corrected chi connectivity index (χ2v) is 3.05. The fourth-order valence-electron chi connectivity index (χ4n) is 1.24. The van der Waals surface area contributed by atoms with E-state index in [-0.39, 0.29) is 6.54 Å². The van der Waals surface area contributed by atoms with Gasteiger partial charge in [-0.2, -0.15) is 5.10 Å². The van der Waals surface area contributed by atoms with E-state index < -0.39 is 11.4 Å². The van der Waals surface area contributed by atoms with Gasteiger partial charge in [0.05, 0.1) is 25.0 Å². The Labute approximate surface area is 83.3 Å². The first-order valence-electron chi connectivity index (χ1n) is 4.32. The topological polar surface area (TPSA) is 114 Å². The molecule has 0 amide bonds. The molecule has 80 valence electrons. The minimum Gasteiger partial charge on any atom is -0.396 e. The van der Waals surface area contributed by atoms with Crippen LogP contribution in [0.1, 0.15) is 0 Å². The Bertz CT molecular complexity index is 531. The molecule has 0 aliphatic rings. The SMILES string of the molecule is Nc1cnn(CCn2c(=O)[nH][nH]c2=O)c1. The monoisotopic (exact) mass is 210 g/mol. The van der Waals surface area contributed by atoms with Crippen LogP contribution in [0.5, 0.6) is 0 Å². The lowest BCUT2D eigenvalue weighted by Crippen LogP contribution is -2.28. The summed E-state index contributed by atoms with van der Waals surface area (Å²) >= 11 is 0. The number of hydrogen-bond donors (Lipinski definition) is 3. The van der Waals surface area contributed by atoms with Gasteiger partial charge >= 0.3 is 11.4 Å². The number of nitrogens with zero attached hydrogens (tertiary/aromatic N) is 3. The van der Waals surface area contributed by atoms with Crippen LogP contribution in [0.4, 0.5) is 5.69 Å². The smallest absolute Gasteiger partial charge is 0.344 e. The Balaban J connectivity index is 2.11. The van der Waals surface area contributed by atoms with E-state index in [9.17, 15) is 9.59 Å². The fraction of sp³-hybridized carbons (Fsp3) is 0.286. The van der Waals surface area contributed by atoms with E-state index in [1.165, 1.54) is 6.20 Å². The van der Waals surface area contributed by atoms with Crippen LogP contribution in [-0.4, -0.2) is 24.5 Å². The van der Waals surface area contributed by atoms with E-state index in [4.69, 9.17) is 5.73 Å². The largest absolute Gasteiger partial charge is 0.396 e. The van der Waals surface area contributed by atoms with Crippen molar-refractivity contribution in [2.45, 2.75) is 13.1 Å². The summed E-state index contributed by atoms with van der Waals surface area (Å²) in [7, 11) is 0. The Morgan fingerprint density at radius 1 is 1.27 bits per heavy atom. The zero-order valence-electron chi connectivity index (χ0n) is 7.80. The van der Waals surface area contributed by atoms with Gasteiger partial charge in [0.2, 0.25) is 0 Å². The van der Waals surface area contributed by atoms with Crippen LogP contribution in [0, 0.1) is 0 Å². The molecule has 8 heteroatoms. The summed E-state index contributed by atoms with van der Waals surface area (Å²) in [5, 5.41) is 8.32. The Kier molecular flexibility index (Phi) is 2.16. The maximum Gasteiger partial charge on any atom is 0.344 e. The number of aromatic nitrogens is 5. The van der Waals surface area contributed by atoms with Gasteiger partial charge in [-0.3, -0.25) is 4.68 Å². The summed E-state index contributed by atoms with van der Waals surface area (Å²) in [5.74, 6) is 0. The second-order valence-electron chi connectivity index (χ2n) is 3.05. The third kappa shape index (κ3) is 1.82. The number of aryl methyl sites for hydroxylation is 1. The Morgan fingerprint density at radius 2 is 1.93 bits per heavy atom. The molecule has 0 aliphatic heterocycles. The van der Waals surface area contributed by atoms with E-state index in [0.717, 1.165) is 4.57 Å². The molecule has 2 aromatic heterocycles. The first-order valence-corrected chi connectivity index (χ1v) is 4.32. The molecule has 0 atom stereocenters. The molecule has 8 nitrogen and oxygen atoms in total. The average Bonchev–Trinajstić information content (AvgIpc) is 2.73. The van der Waals surface area contributed by atoms with Gasteiger partial charge in [0.25, 0.3) is 0 Å². The average molecular weight is 210 g/mol. The van der Waals surface area contributed by atoms with Crippen molar-refractivity contribution in [2.24, 2.45) is 0 Å². The molecule has 0 bridgehead atoms. The molecule has 15 heavy (non-hydrogen) atoms. The van der Waals surface area contributed by atoms with Gasteiger partial charge in [-0.25, -0.2) is 24.4 Å². The number of hydrogen-bond acceptors (Lipinski definition) is 4. The molecule has 0 saturated heterocycles. The van der Waals surface area contributed by atoms with Gasteiger partial charge in [0, 0.05) is 6.20 Å². The third-order valence-electron chi connectivity index (χ3n) is 1.97. The van der Waals surface area contributed by atoms with Crippen LogP contribution in [0.2, 0.25) is 0 Å². The lowest BCUT2D eigenvalue weighted by molar-refractivity contribution is 0.516. The summed E-state index contributed by atoms with van der Waals surface area (Å²) < 4.78 is 2.62. The normalized spacial score (nSPS) is 10.7. The number of nitrogens with two attached hydrogens (primary N) is 1. The minimum absolute atomic E-state index is 0.249. The van der Waals surface area contributed by atoms with Crippen LogP contribution in [0.3, 0.4) is 0 Å². The van der Waals surface area contributed by atoms with Gasteiger partial charge in [0.15, 0.2) is 0 Å². The van der Waals surface area contributed by atoms with E-state index in [0.29, 0.717) is 12.2 Å². The highest BCUT2D eigenvalue weighted by molar-refractivity contribution is 5.30. The summed E-state index contributed by atoms with van der Waals surface area (Å²) in [6, 6.07) is 0. The van der Waals surface area contributed by atoms with Crippen LogP contribution < -0.4 is 17.1 Å². The molecule has 0 spiro atoms. The van der Waals surface area contributed by atoms with Gasteiger partial charge in [0.1, 0.15) is 0 Å². The first-order chi connectivity index (χ1) is 7.16. The van der Waals surface area contributed by atoms with Crippen molar-refractivity contribution in [3.63, 3.8) is 0 Å². The fourth-order valence-corrected chi connectivity index (χ4v) is 1.24. The molecule has 0 saturated carbocycles. The van der Waals surface area contributed by atoms with E-state index in [1.54, 1.807) is 10.9 Å². The molecule has 0 fully saturated rings. The summed E-state index contributed by atoms with van der Waals surface area (Å²) in [5.41, 5.74) is 5.09. The number of aromatic amines is 2. The lowest BCUT2D eigenvalue weighted by atomic mass is 10.6. The molecule has 2 heterocycles. The van der Waals surface area contributed by atoms with Gasteiger partial charge < -0.3 is 5.73 Å². The molecule has 0 aliphatic carbocycles. The quantitative estimate of drug-likeness (QED) is 0.562. The Morgan fingerprint density at radius 3 is 2.47 bits per heavy atom. The van der Waals surface area contributed by atoms with Crippen molar-refractivity contribution in [1.29, 1.82) is 0 Å². The van der Waals surface area contributed by atoms with Crippen molar-refractivity contribution in [2.75, 3.05) is 5.73 Å². The predicted molar refractivity (Wildman–Crippen MR) is 52.3 cm³/mol. The first kappa shape index (κ1) is 9.31. The Hall–Kier alpha value is -2.25. The molecule has 0 unspecified atom stereocenters. The van der Waals surface area contributed by atoms with Gasteiger partial charge in [-0.15, -0.1) is 0 Å². The van der Waals surface area contributed by atoms with Crippen LogP contribution in [0.25, 0.3) is 0 Å². The highest BCUT2D eigenvalue weighted by Gasteiger charge is 2.02. The second kappa shape index (κ2) is 3.48. The number of nitrogen functional groups attached to an aromatic ring is 1. The standard InChI is InChI=1S/C7H10N6O2/c8-5-3-9-12(4-5)1-2-13-6(14)10-11-7(13)15/h3-4H,1-2,8H2,(H,10,14)(H,11,15). The van der Waals surface area contributed by atoms with E-state index in [2.05, 4.69) is 15.3 Å². The van der Waals surface area contributed by atoms with Gasteiger partial charge in [-0.05, 0) is 0 Å². The van der Waals surface area contributed by atoms with E-state index >= 15 is 0 Å². The zero-order chi connectivity index (χ0) is 10.8. The molecular formula is C7H10N6O2. The van der Waals surface area contributed by atoms with E-state index in [1.807, 2.05) is 0 Å². The number of rotatable bonds is 3. The lowest BCUT2D eigenvalue weighted by Gasteiger charge is -1.99. The highest BCUT2D eigenvalue weighted by Crippen LogP contribution is 1.97. The molecular weight excluding hydrogens is 200 g/mol. The summed E-state index contributed by atoms with van der Waals surface area (Å²) in [4.78, 5) is 22.2. The summed E-state index contributed by atoms with van der Waals surface area (Å²) in [6.45, 7) is 0.664. The third-order valence-corrected chi connectivity index (χ3v) is 1.97. The van der Waals surface area contributed by atoms with Crippen LogP contribution in [-0.2, 0) is 13.1 Å². The molecule has 4 N–H and O–H groups in total. The minimum atomic E-state index is -0.458. The predicted octanol–water partition coefficient (Wildman–Crippen LogP) is -1.66. The molecule has 2 aromatic rings. The van der Waals surface area contributed by atoms with Crippen molar-refractivity contribution in [3.8, 4) is 0 Å². The van der Waals surface area contributed by atoms with Crippen molar-refractivity contribution in [3.05, 3.63) is 33.4 Å². The maximum atomic E-state index is 11.1. The van der Waals surface area contributed by atoms with Crippen LogP contribution >= 0.6 is 0 Å².